The van der Waals surface area contributed by atoms with Crippen LogP contribution in [0.4, 0.5) is 4.39 Å². The van der Waals surface area contributed by atoms with Crippen molar-refractivity contribution in [2.24, 2.45) is 7.05 Å². The summed E-state index contributed by atoms with van der Waals surface area (Å²) >= 11 is 0. The second-order valence-electron chi connectivity index (χ2n) is 5.64. The van der Waals surface area contributed by atoms with Gasteiger partial charge in [0.1, 0.15) is 11.6 Å². The molecule has 132 valence electrons. The van der Waals surface area contributed by atoms with E-state index in [-0.39, 0.29) is 6.54 Å². The number of hydrogen-bond donors (Lipinski definition) is 3. The Kier molecular flexibility index (Phi) is 5.11. The Bertz CT molecular complexity index is 845. The molecule has 0 fully saturated rings. The van der Waals surface area contributed by atoms with E-state index in [2.05, 4.69) is 20.6 Å². The zero-order valence-electron chi connectivity index (χ0n) is 14.0. The molecule has 1 unspecified atom stereocenters. The molecular weight excluding hydrogens is 325 g/mol. The van der Waals surface area contributed by atoms with Gasteiger partial charge in [-0.1, -0.05) is 0 Å². The van der Waals surface area contributed by atoms with Crippen LogP contribution in [0.5, 0.6) is 5.75 Å². The maximum atomic E-state index is 13.4. The molecule has 3 N–H and O–H groups in total. The molecule has 0 saturated heterocycles. The van der Waals surface area contributed by atoms with Crippen molar-refractivity contribution in [1.82, 2.24) is 25.3 Å². The van der Waals surface area contributed by atoms with Crippen LogP contribution in [0.3, 0.4) is 0 Å². The van der Waals surface area contributed by atoms with E-state index in [0.717, 1.165) is 17.0 Å². The number of halogens is 1. The summed E-state index contributed by atoms with van der Waals surface area (Å²) in [5, 5.41) is 24.7. The molecule has 0 amide bonds. The Labute approximate surface area is 144 Å². The minimum Gasteiger partial charge on any atom is -0.496 e. The van der Waals surface area contributed by atoms with Gasteiger partial charge in [0.25, 0.3) is 0 Å². The Morgan fingerprint density at radius 2 is 2.24 bits per heavy atom. The monoisotopic (exact) mass is 345 g/mol. The smallest absolute Gasteiger partial charge is 0.124 e. The fourth-order valence-electron chi connectivity index (χ4n) is 2.71. The van der Waals surface area contributed by atoms with Crippen molar-refractivity contribution in [2.45, 2.75) is 12.6 Å². The summed E-state index contributed by atoms with van der Waals surface area (Å²) in [6.45, 7) is 0.738. The topological polar surface area (TPSA) is 88.0 Å². The predicted molar refractivity (Wildman–Crippen MR) is 90.4 cm³/mol. The number of benzene rings is 1. The molecular formula is C17H20FN5O2. The fourth-order valence-corrected chi connectivity index (χ4v) is 2.71. The van der Waals surface area contributed by atoms with Crippen molar-refractivity contribution in [3.8, 4) is 17.1 Å². The van der Waals surface area contributed by atoms with Gasteiger partial charge in [0, 0.05) is 37.5 Å². The Hall–Kier alpha value is -2.71. The molecule has 0 spiro atoms. The third-order valence-electron chi connectivity index (χ3n) is 4.00. The Balaban J connectivity index is 1.65. The molecule has 1 atom stereocenters. The average Bonchev–Trinajstić information content (AvgIpc) is 3.23. The van der Waals surface area contributed by atoms with Crippen molar-refractivity contribution in [2.75, 3.05) is 13.7 Å². The van der Waals surface area contributed by atoms with E-state index in [0.29, 0.717) is 17.9 Å². The second-order valence-corrected chi connectivity index (χ2v) is 5.64. The molecule has 0 aliphatic rings. The first kappa shape index (κ1) is 17.1. The number of aryl methyl sites for hydroxylation is 1. The van der Waals surface area contributed by atoms with Crippen molar-refractivity contribution in [3.05, 3.63) is 53.6 Å². The van der Waals surface area contributed by atoms with E-state index in [9.17, 15) is 9.50 Å². The van der Waals surface area contributed by atoms with Gasteiger partial charge in [-0.05, 0) is 24.3 Å². The Morgan fingerprint density at radius 3 is 2.96 bits per heavy atom. The van der Waals surface area contributed by atoms with E-state index in [1.807, 2.05) is 13.1 Å². The first-order valence-electron chi connectivity index (χ1n) is 7.83. The number of aromatic nitrogens is 4. The van der Waals surface area contributed by atoms with E-state index in [1.54, 1.807) is 17.1 Å². The maximum Gasteiger partial charge on any atom is 0.124 e. The summed E-state index contributed by atoms with van der Waals surface area (Å²) in [4.78, 5) is 0. The molecule has 0 aliphatic carbocycles. The first-order valence-corrected chi connectivity index (χ1v) is 7.83. The number of hydrogen-bond acceptors (Lipinski definition) is 5. The lowest BCUT2D eigenvalue weighted by molar-refractivity contribution is 0.169. The standard InChI is InChI=1S/C17H20FN5O2/c1-23-14(5-6-21-23)17-11(9-20-22-17)8-19-10-15(24)13-7-12(18)3-4-16(13)25-2/h3-7,9,15,19,24H,8,10H2,1-2H3,(H,20,22). The highest BCUT2D eigenvalue weighted by atomic mass is 19.1. The number of methoxy groups -OCH3 is 1. The molecule has 0 bridgehead atoms. The highest BCUT2D eigenvalue weighted by Gasteiger charge is 2.15. The van der Waals surface area contributed by atoms with Crippen LogP contribution in [-0.2, 0) is 13.6 Å². The van der Waals surface area contributed by atoms with Crippen LogP contribution < -0.4 is 10.1 Å². The summed E-state index contributed by atoms with van der Waals surface area (Å²) in [6.07, 6.45) is 2.55. The van der Waals surface area contributed by atoms with E-state index >= 15 is 0 Å². The normalized spacial score (nSPS) is 12.3. The highest BCUT2D eigenvalue weighted by Crippen LogP contribution is 2.26. The lowest BCUT2D eigenvalue weighted by Gasteiger charge is -2.15. The van der Waals surface area contributed by atoms with Crippen molar-refractivity contribution in [3.63, 3.8) is 0 Å². The molecule has 7 nitrogen and oxygen atoms in total. The summed E-state index contributed by atoms with van der Waals surface area (Å²) in [7, 11) is 3.34. The second kappa shape index (κ2) is 7.45. The van der Waals surface area contributed by atoms with E-state index < -0.39 is 11.9 Å². The van der Waals surface area contributed by atoms with Gasteiger partial charge in [0.05, 0.1) is 30.8 Å². The number of H-pyrrole nitrogens is 1. The zero-order valence-corrected chi connectivity index (χ0v) is 14.0. The lowest BCUT2D eigenvalue weighted by Crippen LogP contribution is -2.21. The summed E-state index contributed by atoms with van der Waals surface area (Å²) in [6, 6.07) is 5.98. The van der Waals surface area contributed by atoms with Gasteiger partial charge in [-0.2, -0.15) is 10.2 Å². The molecule has 3 aromatic rings. The maximum absolute atomic E-state index is 13.4. The number of aliphatic hydroxyl groups is 1. The number of ether oxygens (including phenoxy) is 1. The van der Waals surface area contributed by atoms with E-state index in [1.165, 1.54) is 25.3 Å². The summed E-state index contributed by atoms with van der Waals surface area (Å²) in [5.74, 6) is 0.0396. The third kappa shape index (κ3) is 3.70. The highest BCUT2D eigenvalue weighted by molar-refractivity contribution is 5.58. The van der Waals surface area contributed by atoms with Crippen LogP contribution in [0, 0.1) is 5.82 Å². The van der Waals surface area contributed by atoms with Crippen LogP contribution in [-0.4, -0.2) is 38.7 Å². The molecule has 0 aliphatic heterocycles. The van der Waals surface area contributed by atoms with Gasteiger partial charge >= 0.3 is 0 Å². The molecule has 0 saturated carbocycles. The van der Waals surface area contributed by atoms with Gasteiger partial charge in [-0.3, -0.25) is 9.78 Å². The van der Waals surface area contributed by atoms with Crippen LogP contribution in [0.25, 0.3) is 11.4 Å². The minimum absolute atomic E-state index is 0.246. The molecule has 0 radical (unpaired) electrons. The average molecular weight is 345 g/mol. The number of nitrogens with zero attached hydrogens (tertiary/aromatic N) is 3. The predicted octanol–water partition coefficient (Wildman–Crippen LogP) is 1.78. The third-order valence-corrected chi connectivity index (χ3v) is 4.00. The van der Waals surface area contributed by atoms with Gasteiger partial charge in [0.2, 0.25) is 0 Å². The number of nitrogens with one attached hydrogen (secondary N) is 2. The van der Waals surface area contributed by atoms with Gasteiger partial charge in [-0.15, -0.1) is 0 Å². The summed E-state index contributed by atoms with van der Waals surface area (Å²) < 4.78 is 20.4. The molecule has 8 heteroatoms. The Morgan fingerprint density at radius 1 is 1.40 bits per heavy atom. The number of aromatic amines is 1. The van der Waals surface area contributed by atoms with Crippen molar-refractivity contribution < 1.29 is 14.2 Å². The molecule has 2 aromatic heterocycles. The van der Waals surface area contributed by atoms with Crippen LogP contribution >= 0.6 is 0 Å². The number of aliphatic hydroxyl groups excluding tert-OH is 1. The van der Waals surface area contributed by atoms with Crippen LogP contribution in [0.15, 0.2) is 36.7 Å². The van der Waals surface area contributed by atoms with Crippen LogP contribution in [0.2, 0.25) is 0 Å². The molecule has 2 heterocycles. The van der Waals surface area contributed by atoms with Gasteiger partial charge < -0.3 is 15.2 Å². The lowest BCUT2D eigenvalue weighted by atomic mass is 10.1. The van der Waals surface area contributed by atoms with Crippen molar-refractivity contribution in [1.29, 1.82) is 0 Å². The minimum atomic E-state index is -0.891. The molecule has 3 rings (SSSR count). The number of rotatable bonds is 7. The van der Waals surface area contributed by atoms with Gasteiger partial charge in [0.15, 0.2) is 0 Å². The SMILES string of the molecule is COc1ccc(F)cc1C(O)CNCc1cn[nH]c1-c1ccnn1C. The summed E-state index contributed by atoms with van der Waals surface area (Å²) in [5.41, 5.74) is 3.14. The zero-order chi connectivity index (χ0) is 17.8. The first-order chi connectivity index (χ1) is 12.1. The van der Waals surface area contributed by atoms with Gasteiger partial charge in [-0.25, -0.2) is 4.39 Å². The van der Waals surface area contributed by atoms with Crippen LogP contribution in [0.1, 0.15) is 17.2 Å². The quantitative estimate of drug-likeness (QED) is 0.607. The molecule has 25 heavy (non-hydrogen) atoms. The fraction of sp³-hybridized carbons (Fsp3) is 0.294. The van der Waals surface area contributed by atoms with Crippen molar-refractivity contribution >= 4 is 0 Å². The molecule has 1 aromatic carbocycles. The largest absolute Gasteiger partial charge is 0.496 e. The van der Waals surface area contributed by atoms with E-state index in [4.69, 9.17) is 4.74 Å².